The molecule has 6 heteroatoms. The predicted octanol–water partition coefficient (Wildman–Crippen LogP) is -1.10. The topological polar surface area (TPSA) is 80.5 Å². The Morgan fingerprint density at radius 2 is 2.27 bits per heavy atom. The lowest BCUT2D eigenvalue weighted by Gasteiger charge is -2.38. The molecule has 0 saturated carbocycles. The van der Waals surface area contributed by atoms with Crippen LogP contribution in [0.3, 0.4) is 0 Å². The van der Waals surface area contributed by atoms with Crippen molar-refractivity contribution < 1.29 is 24.4 Å². The zero-order chi connectivity index (χ0) is 11.0. The average Bonchev–Trinajstić information content (AvgIpc) is 2.59. The fourth-order valence-electron chi connectivity index (χ4n) is 1.99. The molecule has 0 spiro atoms. The first kappa shape index (κ1) is 10.8. The summed E-state index contributed by atoms with van der Waals surface area (Å²) in [6.07, 6.45) is -2.58. The third-order valence-corrected chi connectivity index (χ3v) is 2.71. The van der Waals surface area contributed by atoms with Crippen molar-refractivity contribution in [3.63, 3.8) is 0 Å². The van der Waals surface area contributed by atoms with E-state index in [1.54, 1.807) is 6.92 Å². The number of hydrogen-bond acceptors (Lipinski definition) is 6. The van der Waals surface area contributed by atoms with Crippen molar-refractivity contribution >= 4 is 5.90 Å². The Kier molecular flexibility index (Phi) is 2.92. The van der Waals surface area contributed by atoms with Gasteiger partial charge in [-0.25, -0.2) is 4.99 Å². The van der Waals surface area contributed by atoms with E-state index in [0.29, 0.717) is 5.90 Å². The highest BCUT2D eigenvalue weighted by molar-refractivity contribution is 5.75. The van der Waals surface area contributed by atoms with E-state index in [-0.39, 0.29) is 6.61 Å². The predicted molar refractivity (Wildman–Crippen MR) is 50.5 cm³/mol. The lowest BCUT2D eigenvalue weighted by atomic mass is 9.98. The second-order valence-corrected chi connectivity index (χ2v) is 3.67. The Bertz CT molecular complexity index is 269. The van der Waals surface area contributed by atoms with Crippen LogP contribution in [0.5, 0.6) is 0 Å². The highest BCUT2D eigenvalue weighted by atomic mass is 16.7. The second kappa shape index (κ2) is 4.05. The summed E-state index contributed by atoms with van der Waals surface area (Å²) in [5, 5.41) is 19.0. The average molecular weight is 217 g/mol. The van der Waals surface area contributed by atoms with Gasteiger partial charge in [-0.15, -0.1) is 0 Å². The molecule has 0 aromatic carbocycles. The lowest BCUT2D eigenvalue weighted by Crippen LogP contribution is -2.57. The molecule has 0 aromatic rings. The van der Waals surface area contributed by atoms with Crippen molar-refractivity contribution in [3.05, 3.63) is 0 Å². The Hall–Kier alpha value is -0.690. The highest BCUT2D eigenvalue weighted by Crippen LogP contribution is 2.29. The molecule has 6 nitrogen and oxygen atoms in total. The van der Waals surface area contributed by atoms with Crippen LogP contribution < -0.4 is 0 Å². The minimum Gasteiger partial charge on any atom is -0.450 e. The maximum absolute atomic E-state index is 9.96. The summed E-state index contributed by atoms with van der Waals surface area (Å²) in [5.41, 5.74) is 0. The van der Waals surface area contributed by atoms with Crippen LogP contribution in [-0.4, -0.2) is 60.5 Å². The molecule has 0 bridgehead atoms. The van der Waals surface area contributed by atoms with Gasteiger partial charge in [0.15, 0.2) is 5.90 Å². The van der Waals surface area contributed by atoms with Crippen LogP contribution in [0.15, 0.2) is 4.99 Å². The molecule has 2 rings (SSSR count). The van der Waals surface area contributed by atoms with E-state index in [0.717, 1.165) is 0 Å². The Morgan fingerprint density at radius 1 is 1.53 bits per heavy atom. The van der Waals surface area contributed by atoms with Crippen LogP contribution in [-0.2, 0) is 14.2 Å². The standard InChI is InChI=1S/C9H15NO5/c1-4-10-6-7(12)8(13-2)5(3-11)15-9(6)14-4/h5-9,11-12H,3H2,1-2H3/t5?,6?,7-,8-,9+/m1/s1. The molecule has 2 aliphatic heterocycles. The molecule has 15 heavy (non-hydrogen) atoms. The van der Waals surface area contributed by atoms with E-state index < -0.39 is 30.6 Å². The number of aliphatic hydroxyl groups excluding tert-OH is 2. The lowest BCUT2D eigenvalue weighted by molar-refractivity contribution is -0.240. The van der Waals surface area contributed by atoms with Gasteiger partial charge >= 0.3 is 0 Å². The third-order valence-electron chi connectivity index (χ3n) is 2.71. The van der Waals surface area contributed by atoms with Gasteiger partial charge < -0.3 is 24.4 Å². The zero-order valence-electron chi connectivity index (χ0n) is 8.66. The SMILES string of the molecule is CO[C@@H]1C(CO)O[C@@H]2OC(C)=NC2[C@H]1O. The molecule has 5 atom stereocenters. The molecule has 2 N–H and O–H groups in total. The summed E-state index contributed by atoms with van der Waals surface area (Å²) in [6.45, 7) is 1.48. The van der Waals surface area contributed by atoms with Gasteiger partial charge in [0.05, 0.1) is 6.61 Å². The molecule has 2 unspecified atom stereocenters. The Labute approximate surface area is 87.5 Å². The molecule has 0 aromatic heterocycles. The van der Waals surface area contributed by atoms with Gasteiger partial charge in [-0.1, -0.05) is 0 Å². The van der Waals surface area contributed by atoms with E-state index >= 15 is 0 Å². The van der Waals surface area contributed by atoms with E-state index in [4.69, 9.17) is 19.3 Å². The van der Waals surface area contributed by atoms with Gasteiger partial charge in [-0.2, -0.15) is 0 Å². The summed E-state index contributed by atoms with van der Waals surface area (Å²) in [6, 6.07) is -0.460. The number of fused-ring (bicyclic) bond motifs is 1. The minimum absolute atomic E-state index is 0.221. The maximum Gasteiger partial charge on any atom is 0.227 e. The van der Waals surface area contributed by atoms with Crippen molar-refractivity contribution in [2.45, 2.75) is 37.6 Å². The summed E-state index contributed by atoms with van der Waals surface area (Å²) in [4.78, 5) is 4.12. The van der Waals surface area contributed by atoms with E-state index in [1.165, 1.54) is 7.11 Å². The molecule has 1 saturated heterocycles. The number of aliphatic imine (C=N–C) groups is 1. The number of ether oxygens (including phenoxy) is 3. The molecular weight excluding hydrogens is 202 g/mol. The zero-order valence-corrected chi connectivity index (χ0v) is 8.66. The first-order valence-corrected chi connectivity index (χ1v) is 4.85. The van der Waals surface area contributed by atoms with Crippen molar-refractivity contribution in [1.82, 2.24) is 0 Å². The molecular formula is C9H15NO5. The summed E-state index contributed by atoms with van der Waals surface area (Å²) >= 11 is 0. The molecule has 1 fully saturated rings. The van der Waals surface area contributed by atoms with E-state index in [1.807, 2.05) is 0 Å². The second-order valence-electron chi connectivity index (χ2n) is 3.67. The summed E-state index contributed by atoms with van der Waals surface area (Å²) in [7, 11) is 1.46. The normalized spacial score (nSPS) is 44.5. The van der Waals surface area contributed by atoms with Gasteiger partial charge in [0.2, 0.25) is 6.29 Å². The van der Waals surface area contributed by atoms with Gasteiger partial charge in [-0.3, -0.25) is 0 Å². The maximum atomic E-state index is 9.96. The minimum atomic E-state index is -0.816. The van der Waals surface area contributed by atoms with Crippen LogP contribution in [0.4, 0.5) is 0 Å². The van der Waals surface area contributed by atoms with Crippen molar-refractivity contribution in [2.75, 3.05) is 13.7 Å². The van der Waals surface area contributed by atoms with Crippen LogP contribution in [0.25, 0.3) is 0 Å². The molecule has 86 valence electrons. The van der Waals surface area contributed by atoms with Gasteiger partial charge in [0.1, 0.15) is 24.4 Å². The Morgan fingerprint density at radius 3 is 2.87 bits per heavy atom. The van der Waals surface area contributed by atoms with Crippen molar-refractivity contribution in [3.8, 4) is 0 Å². The number of hydrogen-bond donors (Lipinski definition) is 2. The van der Waals surface area contributed by atoms with Crippen LogP contribution in [0.2, 0.25) is 0 Å². The first-order chi connectivity index (χ1) is 7.17. The number of rotatable bonds is 2. The van der Waals surface area contributed by atoms with Crippen LogP contribution >= 0.6 is 0 Å². The molecule has 2 aliphatic rings. The molecule has 0 radical (unpaired) electrons. The fraction of sp³-hybridized carbons (Fsp3) is 0.889. The number of nitrogens with zero attached hydrogens (tertiary/aromatic N) is 1. The monoisotopic (exact) mass is 217 g/mol. The largest absolute Gasteiger partial charge is 0.450 e. The van der Waals surface area contributed by atoms with Crippen LogP contribution in [0, 0.1) is 0 Å². The number of methoxy groups -OCH3 is 1. The van der Waals surface area contributed by atoms with Crippen molar-refractivity contribution in [2.24, 2.45) is 4.99 Å². The highest BCUT2D eigenvalue weighted by Gasteiger charge is 2.49. The van der Waals surface area contributed by atoms with Gasteiger partial charge in [-0.05, 0) is 0 Å². The molecule has 0 aliphatic carbocycles. The van der Waals surface area contributed by atoms with Gasteiger partial charge in [0.25, 0.3) is 0 Å². The summed E-state index contributed by atoms with van der Waals surface area (Å²) in [5.74, 6) is 0.484. The first-order valence-electron chi connectivity index (χ1n) is 4.85. The fourth-order valence-corrected chi connectivity index (χ4v) is 1.99. The van der Waals surface area contributed by atoms with E-state index in [9.17, 15) is 5.11 Å². The third kappa shape index (κ3) is 1.74. The van der Waals surface area contributed by atoms with Crippen molar-refractivity contribution in [1.29, 1.82) is 0 Å². The number of aliphatic hydroxyl groups is 2. The van der Waals surface area contributed by atoms with Gasteiger partial charge in [0, 0.05) is 14.0 Å². The van der Waals surface area contributed by atoms with E-state index in [2.05, 4.69) is 4.99 Å². The molecule has 0 amide bonds. The smallest absolute Gasteiger partial charge is 0.227 e. The Balaban J connectivity index is 2.16. The van der Waals surface area contributed by atoms with Crippen LogP contribution in [0.1, 0.15) is 6.92 Å². The molecule has 2 heterocycles. The quantitative estimate of drug-likeness (QED) is 0.613. The summed E-state index contributed by atoms with van der Waals surface area (Å²) < 4.78 is 15.8.